The molecule has 26 heavy (non-hydrogen) atoms. The summed E-state index contributed by atoms with van der Waals surface area (Å²) < 4.78 is 12.3. The molecule has 0 bridgehead atoms. The molecule has 0 spiro atoms. The van der Waals surface area contributed by atoms with Gasteiger partial charge in [-0.3, -0.25) is 9.48 Å². The second-order valence-electron chi connectivity index (χ2n) is 5.82. The number of aromatic nitrogens is 2. The van der Waals surface area contributed by atoms with E-state index in [0.29, 0.717) is 29.4 Å². The average Bonchev–Trinajstić information content (AvgIpc) is 3.09. The molecule has 1 N–H and O–H groups in total. The highest BCUT2D eigenvalue weighted by molar-refractivity contribution is 6.07. The molecule has 0 saturated carbocycles. The molecule has 0 radical (unpaired) electrons. The molecule has 0 atom stereocenters. The van der Waals surface area contributed by atoms with Crippen LogP contribution in [-0.2, 0) is 6.54 Å². The lowest BCUT2D eigenvalue weighted by molar-refractivity contribution is 0.102. The van der Waals surface area contributed by atoms with Crippen LogP contribution in [0.25, 0.3) is 0 Å². The minimum absolute atomic E-state index is 0.333. The summed E-state index contributed by atoms with van der Waals surface area (Å²) in [6.07, 6.45) is 1.83. The van der Waals surface area contributed by atoms with E-state index in [-0.39, 0.29) is 5.91 Å². The monoisotopic (exact) mass is 351 g/mol. The molecule has 0 saturated heterocycles. The van der Waals surface area contributed by atoms with E-state index >= 15 is 0 Å². The number of carbonyl (C=O) groups is 1. The smallest absolute Gasteiger partial charge is 0.264 e. The van der Waals surface area contributed by atoms with Gasteiger partial charge >= 0.3 is 0 Å². The lowest BCUT2D eigenvalue weighted by atomic mass is 10.1. The molecule has 1 aromatic heterocycles. The van der Waals surface area contributed by atoms with Crippen LogP contribution in [0.3, 0.4) is 0 Å². The Morgan fingerprint density at radius 1 is 1.04 bits per heavy atom. The number of nitrogens with zero attached hydrogens (tertiary/aromatic N) is 2. The van der Waals surface area contributed by atoms with E-state index in [2.05, 4.69) is 29.5 Å². The third-order valence-electron chi connectivity index (χ3n) is 4.13. The van der Waals surface area contributed by atoms with Crippen molar-refractivity contribution in [1.82, 2.24) is 9.78 Å². The van der Waals surface area contributed by atoms with Gasteiger partial charge < -0.3 is 14.8 Å². The van der Waals surface area contributed by atoms with Crippen LogP contribution in [0, 0.1) is 6.92 Å². The van der Waals surface area contributed by atoms with Gasteiger partial charge in [-0.15, -0.1) is 0 Å². The summed E-state index contributed by atoms with van der Waals surface area (Å²) in [4.78, 5) is 12.7. The zero-order valence-corrected chi connectivity index (χ0v) is 15.0. The van der Waals surface area contributed by atoms with Gasteiger partial charge in [-0.25, -0.2) is 0 Å². The molecule has 6 nitrogen and oxygen atoms in total. The van der Waals surface area contributed by atoms with Crippen molar-refractivity contribution in [1.29, 1.82) is 0 Å². The highest BCUT2D eigenvalue weighted by atomic mass is 16.5. The fraction of sp³-hybridized carbons (Fsp3) is 0.200. The first-order valence-electron chi connectivity index (χ1n) is 8.22. The molecule has 3 rings (SSSR count). The number of aryl methyl sites for hydroxylation is 1. The first-order valence-corrected chi connectivity index (χ1v) is 8.22. The molecule has 0 aliphatic rings. The maximum atomic E-state index is 12.7. The highest BCUT2D eigenvalue weighted by Crippen LogP contribution is 2.28. The van der Waals surface area contributed by atoms with E-state index in [9.17, 15) is 4.79 Å². The van der Waals surface area contributed by atoms with Gasteiger partial charge in [-0.2, -0.15) is 5.10 Å². The molecule has 1 heterocycles. The molecule has 3 aromatic rings. The van der Waals surface area contributed by atoms with E-state index < -0.39 is 0 Å². The minimum Gasteiger partial charge on any atom is -0.496 e. The Bertz CT molecular complexity index is 896. The number of amides is 1. The van der Waals surface area contributed by atoms with Crippen LogP contribution in [-0.4, -0.2) is 29.9 Å². The zero-order chi connectivity index (χ0) is 18.5. The summed E-state index contributed by atoms with van der Waals surface area (Å²) in [7, 11) is 3.03. The summed E-state index contributed by atoms with van der Waals surface area (Å²) in [5.41, 5.74) is 2.72. The Balaban J connectivity index is 1.78. The SMILES string of the molecule is COc1cccc(OC)c1C(=O)Nc1ccn(Cc2ccccc2C)n1. The van der Waals surface area contributed by atoms with Crippen molar-refractivity contribution in [2.75, 3.05) is 19.5 Å². The second-order valence-corrected chi connectivity index (χ2v) is 5.82. The van der Waals surface area contributed by atoms with Gasteiger partial charge in [0.25, 0.3) is 5.91 Å². The van der Waals surface area contributed by atoms with Crippen LogP contribution in [0.2, 0.25) is 0 Å². The number of hydrogen-bond acceptors (Lipinski definition) is 4. The van der Waals surface area contributed by atoms with Gasteiger partial charge in [0, 0.05) is 12.3 Å². The van der Waals surface area contributed by atoms with Crippen LogP contribution in [0.15, 0.2) is 54.7 Å². The topological polar surface area (TPSA) is 65.4 Å². The van der Waals surface area contributed by atoms with Crippen molar-refractivity contribution in [3.63, 3.8) is 0 Å². The summed E-state index contributed by atoms with van der Waals surface area (Å²) in [6.45, 7) is 2.70. The van der Waals surface area contributed by atoms with Gasteiger partial charge in [0.05, 0.1) is 20.8 Å². The molecule has 6 heteroatoms. The van der Waals surface area contributed by atoms with Crippen LogP contribution in [0.1, 0.15) is 21.5 Å². The predicted octanol–water partition coefficient (Wildman–Crippen LogP) is 3.51. The highest BCUT2D eigenvalue weighted by Gasteiger charge is 2.19. The number of nitrogens with one attached hydrogen (secondary N) is 1. The van der Waals surface area contributed by atoms with Gasteiger partial charge in [-0.05, 0) is 30.2 Å². The maximum Gasteiger partial charge on any atom is 0.264 e. The Kier molecular flexibility index (Phi) is 5.22. The Hall–Kier alpha value is -3.28. The maximum absolute atomic E-state index is 12.7. The molecule has 1 amide bonds. The number of carbonyl (C=O) groups excluding carboxylic acids is 1. The molecule has 2 aromatic carbocycles. The third kappa shape index (κ3) is 3.69. The second kappa shape index (κ2) is 7.74. The van der Waals surface area contributed by atoms with Gasteiger partial charge in [0.2, 0.25) is 0 Å². The van der Waals surface area contributed by atoms with Crippen molar-refractivity contribution >= 4 is 11.7 Å². The first kappa shape index (κ1) is 17.5. The van der Waals surface area contributed by atoms with E-state index in [1.807, 2.05) is 18.3 Å². The van der Waals surface area contributed by atoms with Gasteiger partial charge in [0.1, 0.15) is 17.1 Å². The van der Waals surface area contributed by atoms with Crippen LogP contribution in [0.4, 0.5) is 5.82 Å². The summed E-state index contributed by atoms with van der Waals surface area (Å²) in [5.74, 6) is 1.03. The van der Waals surface area contributed by atoms with Crippen molar-refractivity contribution in [2.45, 2.75) is 13.5 Å². The van der Waals surface area contributed by atoms with E-state index in [1.165, 1.54) is 25.3 Å². The third-order valence-corrected chi connectivity index (χ3v) is 4.13. The quantitative estimate of drug-likeness (QED) is 0.738. The number of anilines is 1. The van der Waals surface area contributed by atoms with Gasteiger partial charge in [0.15, 0.2) is 5.82 Å². The Morgan fingerprint density at radius 3 is 2.38 bits per heavy atom. The molecule has 0 fully saturated rings. The normalized spacial score (nSPS) is 10.4. The fourth-order valence-electron chi connectivity index (χ4n) is 2.73. The minimum atomic E-state index is -0.333. The molecule has 0 aliphatic heterocycles. The molecular weight excluding hydrogens is 330 g/mol. The summed E-state index contributed by atoms with van der Waals surface area (Å²) in [5, 5.41) is 7.22. The molecule has 134 valence electrons. The summed E-state index contributed by atoms with van der Waals surface area (Å²) >= 11 is 0. The number of benzene rings is 2. The number of rotatable bonds is 6. The zero-order valence-electron chi connectivity index (χ0n) is 15.0. The lowest BCUT2D eigenvalue weighted by Crippen LogP contribution is -2.15. The number of ether oxygens (including phenoxy) is 2. The molecule has 0 aliphatic carbocycles. The fourth-order valence-corrected chi connectivity index (χ4v) is 2.73. The molecular formula is C20H21N3O3. The lowest BCUT2D eigenvalue weighted by Gasteiger charge is -2.12. The predicted molar refractivity (Wildman–Crippen MR) is 100 cm³/mol. The average molecular weight is 351 g/mol. The van der Waals surface area contributed by atoms with Crippen LogP contribution >= 0.6 is 0 Å². The van der Waals surface area contributed by atoms with Crippen LogP contribution in [0.5, 0.6) is 11.5 Å². The van der Waals surface area contributed by atoms with Crippen molar-refractivity contribution < 1.29 is 14.3 Å². The van der Waals surface area contributed by atoms with E-state index in [0.717, 1.165) is 0 Å². The van der Waals surface area contributed by atoms with Crippen molar-refractivity contribution in [3.05, 3.63) is 71.4 Å². The standard InChI is InChI=1S/C20H21N3O3/c1-14-7-4-5-8-15(14)13-23-12-11-18(22-23)21-20(24)19-16(25-2)9-6-10-17(19)26-3/h4-12H,13H2,1-3H3,(H,21,22,24). The van der Waals surface area contributed by atoms with Gasteiger partial charge in [-0.1, -0.05) is 30.3 Å². The molecule has 0 unspecified atom stereocenters. The van der Waals surface area contributed by atoms with E-state index in [4.69, 9.17) is 9.47 Å². The number of methoxy groups -OCH3 is 2. The Morgan fingerprint density at radius 2 is 1.73 bits per heavy atom. The van der Waals surface area contributed by atoms with Crippen LogP contribution < -0.4 is 14.8 Å². The van der Waals surface area contributed by atoms with Crippen molar-refractivity contribution in [3.8, 4) is 11.5 Å². The van der Waals surface area contributed by atoms with E-state index in [1.54, 1.807) is 28.9 Å². The first-order chi connectivity index (χ1) is 12.6. The summed E-state index contributed by atoms with van der Waals surface area (Å²) in [6, 6.07) is 15.1. The largest absolute Gasteiger partial charge is 0.496 e. The van der Waals surface area contributed by atoms with Crippen molar-refractivity contribution in [2.24, 2.45) is 0 Å². The number of hydrogen-bond donors (Lipinski definition) is 1. The Labute approximate surface area is 152 Å².